The van der Waals surface area contributed by atoms with Gasteiger partial charge in [0, 0.05) is 49.4 Å². The number of phenols is 1. The van der Waals surface area contributed by atoms with Crippen LogP contribution >= 0.6 is 0 Å². The van der Waals surface area contributed by atoms with Crippen molar-refractivity contribution in [2.45, 2.75) is 38.5 Å². The van der Waals surface area contributed by atoms with Gasteiger partial charge in [0.1, 0.15) is 17.3 Å². The molecule has 1 aliphatic rings. The number of aromatic hydroxyl groups is 1. The number of rotatable bonds is 5. The van der Waals surface area contributed by atoms with Crippen molar-refractivity contribution in [3.05, 3.63) is 163 Å². The van der Waals surface area contributed by atoms with Crippen molar-refractivity contribution < 1.29 is 26.2 Å². The summed E-state index contributed by atoms with van der Waals surface area (Å²) in [5, 5.41) is 12.2. The van der Waals surface area contributed by atoms with Gasteiger partial charge >= 0.3 is 0 Å². The first-order valence-corrected chi connectivity index (χ1v) is 17.7. The van der Waals surface area contributed by atoms with Crippen molar-refractivity contribution in [1.82, 2.24) is 19.5 Å². The number of para-hydroxylation sites is 1. The molecule has 262 valence electrons. The van der Waals surface area contributed by atoms with Crippen molar-refractivity contribution in [1.29, 1.82) is 0 Å². The quantitative estimate of drug-likeness (QED) is 0.175. The summed E-state index contributed by atoms with van der Waals surface area (Å²) in [4.78, 5) is 15.4. The zero-order valence-corrected chi connectivity index (χ0v) is 32.2. The molecule has 3 heterocycles. The Kier molecular flexibility index (Phi) is 8.51. The molecule has 5 nitrogen and oxygen atoms in total. The second-order valence-corrected chi connectivity index (χ2v) is 14.6. The molecule has 8 aromatic rings. The maximum absolute atomic E-state index is 11.3. The van der Waals surface area contributed by atoms with Crippen LogP contribution in [-0.2, 0) is 31.9 Å². The van der Waals surface area contributed by atoms with E-state index in [9.17, 15) is 5.11 Å². The Hall–Kier alpha value is -5.64. The molecule has 0 atom stereocenters. The van der Waals surface area contributed by atoms with E-state index < -0.39 is 0 Å². The fourth-order valence-electron chi connectivity index (χ4n) is 7.87. The van der Waals surface area contributed by atoms with E-state index in [1.807, 2.05) is 36.4 Å². The molecule has 0 aliphatic heterocycles. The van der Waals surface area contributed by atoms with E-state index in [0.717, 1.165) is 84.0 Å². The van der Waals surface area contributed by atoms with Crippen molar-refractivity contribution in [3.63, 3.8) is 0 Å². The summed E-state index contributed by atoms with van der Waals surface area (Å²) in [5.74, 6) is 0.996. The van der Waals surface area contributed by atoms with Gasteiger partial charge in [-0.1, -0.05) is 155 Å². The number of nitrogens with zero attached hydrogens (tertiary/aromatic N) is 4. The van der Waals surface area contributed by atoms with Gasteiger partial charge in [0.25, 0.3) is 0 Å². The molecule has 6 heteroatoms. The topological polar surface area (TPSA) is 63.8 Å². The second kappa shape index (κ2) is 13.1. The molecule has 0 bridgehead atoms. The van der Waals surface area contributed by atoms with Crippen LogP contribution in [0.5, 0.6) is 5.75 Å². The first kappa shape index (κ1) is 34.4. The van der Waals surface area contributed by atoms with E-state index in [2.05, 4.69) is 141 Å². The Morgan fingerprint density at radius 1 is 0.604 bits per heavy atom. The third kappa shape index (κ3) is 5.45. The smallest absolute Gasteiger partial charge is 0.125 e. The van der Waals surface area contributed by atoms with Crippen LogP contribution in [0.3, 0.4) is 0 Å². The summed E-state index contributed by atoms with van der Waals surface area (Å²) < 4.78 is 2.22. The van der Waals surface area contributed by atoms with Gasteiger partial charge in [-0.2, -0.15) is 0 Å². The minimum absolute atomic E-state index is 0. The van der Waals surface area contributed by atoms with Gasteiger partial charge in [-0.25, -0.2) is 9.97 Å². The number of benzene rings is 5. The Morgan fingerprint density at radius 3 is 1.92 bits per heavy atom. The summed E-state index contributed by atoms with van der Waals surface area (Å²) in [7, 11) is 0. The molecule has 5 aromatic carbocycles. The van der Waals surface area contributed by atoms with Gasteiger partial charge in [-0.3, -0.25) is 0 Å². The van der Waals surface area contributed by atoms with Crippen LogP contribution in [-0.4, -0.2) is 24.6 Å². The van der Waals surface area contributed by atoms with E-state index in [0.29, 0.717) is 0 Å². The third-order valence-electron chi connectivity index (χ3n) is 11.3. The van der Waals surface area contributed by atoms with Crippen LogP contribution in [0.15, 0.2) is 146 Å². The van der Waals surface area contributed by atoms with Crippen molar-refractivity contribution in [2.24, 2.45) is 0 Å². The first-order chi connectivity index (χ1) is 25.2. The zero-order valence-electron chi connectivity index (χ0n) is 29.9. The molecule has 9 rings (SSSR count). The summed E-state index contributed by atoms with van der Waals surface area (Å²) >= 11 is 0. The number of hydrogen-bond acceptors (Lipinski definition) is 4. The first-order valence-electron chi connectivity index (χ1n) is 17.7. The fourth-order valence-corrected chi connectivity index (χ4v) is 7.87. The monoisotopic (exact) mass is 868 g/mol. The molecule has 0 spiro atoms. The third-order valence-corrected chi connectivity index (χ3v) is 11.3. The van der Waals surface area contributed by atoms with Crippen LogP contribution in [0.25, 0.3) is 72.9 Å². The summed E-state index contributed by atoms with van der Waals surface area (Å²) in [6, 6.07) is 49.0. The number of fused-ring (bicyclic) bond motifs is 4. The predicted octanol–water partition coefficient (Wildman–Crippen LogP) is 11.2. The van der Waals surface area contributed by atoms with Crippen LogP contribution < -0.4 is 0 Å². The van der Waals surface area contributed by atoms with E-state index in [-0.39, 0.29) is 37.6 Å². The Balaban J connectivity index is 0.00000400. The van der Waals surface area contributed by atoms with Gasteiger partial charge in [0.2, 0.25) is 0 Å². The average molecular weight is 869 g/mol. The normalized spacial score (nSPS) is 13.9. The summed E-state index contributed by atoms with van der Waals surface area (Å²) in [6.45, 7) is 9.04. The van der Waals surface area contributed by atoms with E-state index in [4.69, 9.17) is 9.97 Å². The number of imidazole rings is 1. The molecule has 0 unspecified atom stereocenters. The Morgan fingerprint density at radius 2 is 1.23 bits per heavy atom. The number of hydrogen-bond donors (Lipinski definition) is 1. The molecule has 0 saturated heterocycles. The van der Waals surface area contributed by atoms with Crippen LogP contribution in [0.4, 0.5) is 0 Å². The molecule has 0 saturated carbocycles. The molecular formula is C47H37N4OPt-. The van der Waals surface area contributed by atoms with Gasteiger partial charge in [0.15, 0.2) is 0 Å². The average Bonchev–Trinajstić information content (AvgIpc) is 3.62. The van der Waals surface area contributed by atoms with Crippen LogP contribution in [0.1, 0.15) is 38.8 Å². The van der Waals surface area contributed by atoms with Crippen molar-refractivity contribution in [3.8, 4) is 67.7 Å². The number of pyridine rings is 2. The minimum Gasteiger partial charge on any atom is -0.507 e. The predicted molar refractivity (Wildman–Crippen MR) is 210 cm³/mol. The molecule has 0 radical (unpaired) electrons. The van der Waals surface area contributed by atoms with Gasteiger partial charge in [-0.05, 0) is 45.3 Å². The maximum atomic E-state index is 11.3. The van der Waals surface area contributed by atoms with Crippen LogP contribution in [0.2, 0.25) is 0 Å². The number of aromatic nitrogens is 4. The molecule has 1 aliphatic carbocycles. The van der Waals surface area contributed by atoms with Gasteiger partial charge < -0.3 is 14.7 Å². The zero-order chi connectivity index (χ0) is 35.6. The molecule has 0 fully saturated rings. The minimum atomic E-state index is -0.246. The fraction of sp³-hybridized carbons (Fsp3) is 0.128. The second-order valence-electron chi connectivity index (χ2n) is 14.6. The molecular weight excluding hydrogens is 832 g/mol. The summed E-state index contributed by atoms with van der Waals surface area (Å²) in [5.41, 5.74) is 11.9. The standard InChI is InChI=1S/C47H37N4O.Pt/c1-46(2)36-23-13-25-41(52)42(36)43-37(47(46,3)4)26-27-39(49-43)40-29-51(45(50-40)35-21-12-24-38-34(35)22-14-28-48-38)44-32(30-15-7-5-8-16-30)19-11-20-33(44)31-17-9-6-10-18-31;/h5-21,23-29,52H,1-4H3;/q-1;. The number of phenolic OH excluding ortho intramolecular Hbond substituents is 1. The van der Waals surface area contributed by atoms with E-state index in [1.165, 1.54) is 0 Å². The van der Waals surface area contributed by atoms with Gasteiger partial charge in [0.05, 0.1) is 17.1 Å². The molecule has 3 aromatic heterocycles. The Bertz CT molecular complexity index is 2580. The SMILES string of the molecule is CC1(C)c2ccc(-c3cn(-c4c(-c5ccccc5)cccc4-c4ccccc4)c(-c4cccc5ncc[c-]c45)n3)nc2-c2c(O)cccc2C1(C)C.[Pt]. The van der Waals surface area contributed by atoms with E-state index >= 15 is 0 Å². The van der Waals surface area contributed by atoms with Crippen molar-refractivity contribution in [2.75, 3.05) is 0 Å². The maximum Gasteiger partial charge on any atom is 0.125 e. The van der Waals surface area contributed by atoms with Crippen LogP contribution in [0, 0.1) is 6.07 Å². The molecule has 0 amide bonds. The molecule has 1 N–H and O–H groups in total. The molecule has 53 heavy (non-hydrogen) atoms. The Labute approximate surface area is 324 Å². The van der Waals surface area contributed by atoms with E-state index in [1.54, 1.807) is 12.3 Å². The van der Waals surface area contributed by atoms with Crippen molar-refractivity contribution >= 4 is 10.9 Å². The summed E-state index contributed by atoms with van der Waals surface area (Å²) in [6.07, 6.45) is 3.88. The largest absolute Gasteiger partial charge is 0.507 e. The van der Waals surface area contributed by atoms with Gasteiger partial charge in [-0.15, -0.1) is 17.5 Å².